The molecule has 0 fully saturated rings. The molecular weight excluding hydrogens is 324 g/mol. The Morgan fingerprint density at radius 2 is 1.82 bits per heavy atom. The predicted octanol–water partition coefficient (Wildman–Crippen LogP) is 2.33. The largest absolute Gasteiger partial charge is 0.368 e. The summed E-state index contributed by atoms with van der Waals surface area (Å²) in [7, 11) is -3.90. The van der Waals surface area contributed by atoms with E-state index in [1.165, 1.54) is 18.2 Å². The lowest BCUT2D eigenvalue weighted by Gasteiger charge is -2.23. The quantitative estimate of drug-likeness (QED) is 0.908. The van der Waals surface area contributed by atoms with E-state index in [1.54, 1.807) is 37.3 Å². The van der Waals surface area contributed by atoms with Gasteiger partial charge in [-0.1, -0.05) is 35.9 Å². The van der Waals surface area contributed by atoms with Gasteiger partial charge in [0.15, 0.2) is 0 Å². The van der Waals surface area contributed by atoms with Crippen LogP contribution >= 0.6 is 11.6 Å². The van der Waals surface area contributed by atoms with Crippen LogP contribution in [0.1, 0.15) is 5.56 Å². The molecule has 2 aromatic rings. The van der Waals surface area contributed by atoms with E-state index >= 15 is 0 Å². The van der Waals surface area contributed by atoms with Gasteiger partial charge in [-0.05, 0) is 36.8 Å². The van der Waals surface area contributed by atoms with Crippen LogP contribution in [0.2, 0.25) is 5.02 Å². The van der Waals surface area contributed by atoms with Gasteiger partial charge in [0.1, 0.15) is 6.54 Å². The first-order valence-electron chi connectivity index (χ1n) is 6.44. The highest BCUT2D eigenvalue weighted by atomic mass is 35.5. The van der Waals surface area contributed by atoms with Crippen molar-refractivity contribution in [1.29, 1.82) is 0 Å². The number of anilines is 1. The molecule has 0 radical (unpaired) electrons. The van der Waals surface area contributed by atoms with Crippen LogP contribution < -0.4 is 10.0 Å². The second kappa shape index (κ2) is 6.37. The molecule has 7 heteroatoms. The third-order valence-corrected chi connectivity index (χ3v) is 5.27. The van der Waals surface area contributed by atoms with Crippen LogP contribution in [-0.2, 0) is 14.8 Å². The molecule has 2 rings (SSSR count). The van der Waals surface area contributed by atoms with Crippen molar-refractivity contribution in [3.8, 4) is 0 Å². The third kappa shape index (κ3) is 3.40. The van der Waals surface area contributed by atoms with Gasteiger partial charge in [0.05, 0.1) is 10.6 Å². The van der Waals surface area contributed by atoms with Crippen molar-refractivity contribution >= 4 is 33.2 Å². The molecule has 0 heterocycles. The molecule has 116 valence electrons. The average Bonchev–Trinajstić information content (AvgIpc) is 2.48. The number of amides is 1. The summed E-state index contributed by atoms with van der Waals surface area (Å²) in [6.45, 7) is 1.34. The lowest BCUT2D eigenvalue weighted by molar-refractivity contribution is -0.116. The van der Waals surface area contributed by atoms with Gasteiger partial charge in [-0.2, -0.15) is 0 Å². The minimum atomic E-state index is -3.90. The summed E-state index contributed by atoms with van der Waals surface area (Å²) in [6.07, 6.45) is 0. The zero-order chi connectivity index (χ0) is 16.3. The van der Waals surface area contributed by atoms with Gasteiger partial charge in [-0.15, -0.1) is 0 Å². The Morgan fingerprint density at radius 3 is 2.36 bits per heavy atom. The number of rotatable bonds is 5. The zero-order valence-corrected chi connectivity index (χ0v) is 13.4. The summed E-state index contributed by atoms with van der Waals surface area (Å²) in [6, 6.07) is 12.6. The fraction of sp³-hybridized carbons (Fsp3) is 0.133. The first-order chi connectivity index (χ1) is 10.3. The summed E-state index contributed by atoms with van der Waals surface area (Å²) >= 11 is 6.05. The number of aryl methyl sites for hydroxylation is 1. The number of carbonyl (C=O) groups excluding carboxylic acids is 1. The number of hydrogen-bond donors (Lipinski definition) is 1. The van der Waals surface area contributed by atoms with Crippen LogP contribution in [0.25, 0.3) is 0 Å². The fourth-order valence-corrected chi connectivity index (χ4v) is 3.53. The third-order valence-electron chi connectivity index (χ3n) is 3.07. The van der Waals surface area contributed by atoms with Crippen LogP contribution in [0, 0.1) is 6.92 Å². The highest BCUT2D eigenvalue weighted by molar-refractivity contribution is 7.92. The number of sulfonamides is 1. The van der Waals surface area contributed by atoms with E-state index in [9.17, 15) is 13.2 Å². The molecule has 0 saturated carbocycles. The highest BCUT2D eigenvalue weighted by Gasteiger charge is 2.26. The summed E-state index contributed by atoms with van der Waals surface area (Å²) in [5.74, 6) is -0.754. The normalized spacial score (nSPS) is 11.2. The summed E-state index contributed by atoms with van der Waals surface area (Å²) in [4.78, 5) is 11.4. The topological polar surface area (TPSA) is 80.5 Å². The molecule has 0 spiro atoms. The number of primary amides is 1. The first kappa shape index (κ1) is 16.3. The molecule has 0 saturated heterocycles. The van der Waals surface area contributed by atoms with E-state index in [4.69, 9.17) is 17.3 Å². The molecule has 0 aliphatic heterocycles. The molecule has 0 aliphatic rings. The van der Waals surface area contributed by atoms with Crippen LogP contribution in [0.5, 0.6) is 0 Å². The lowest BCUT2D eigenvalue weighted by Crippen LogP contribution is -2.38. The van der Waals surface area contributed by atoms with E-state index in [2.05, 4.69) is 0 Å². The predicted molar refractivity (Wildman–Crippen MR) is 86.4 cm³/mol. The molecular formula is C15H15ClN2O3S. The van der Waals surface area contributed by atoms with Gasteiger partial charge < -0.3 is 5.73 Å². The highest BCUT2D eigenvalue weighted by Crippen LogP contribution is 2.27. The Morgan fingerprint density at radius 1 is 1.18 bits per heavy atom. The van der Waals surface area contributed by atoms with Gasteiger partial charge in [0.25, 0.3) is 10.0 Å². The molecule has 1 amide bonds. The Bertz CT molecular complexity index is 792. The standard InChI is InChI=1S/C15H15ClN2O3S/c1-11-7-8-12(9-14(11)16)18(10-15(17)19)22(20,21)13-5-3-2-4-6-13/h2-9H,10H2,1H3,(H2,17,19). The van der Waals surface area contributed by atoms with E-state index < -0.39 is 22.5 Å². The smallest absolute Gasteiger partial charge is 0.264 e. The van der Waals surface area contributed by atoms with E-state index in [0.717, 1.165) is 9.87 Å². The molecule has 22 heavy (non-hydrogen) atoms. The Labute approximate surface area is 134 Å². The maximum Gasteiger partial charge on any atom is 0.264 e. The molecule has 0 atom stereocenters. The van der Waals surface area contributed by atoms with Crippen LogP contribution in [0.4, 0.5) is 5.69 Å². The van der Waals surface area contributed by atoms with Crippen molar-refractivity contribution < 1.29 is 13.2 Å². The van der Waals surface area contributed by atoms with Crippen LogP contribution in [0.15, 0.2) is 53.4 Å². The van der Waals surface area contributed by atoms with Crippen molar-refractivity contribution in [3.63, 3.8) is 0 Å². The van der Waals surface area contributed by atoms with Gasteiger partial charge in [-0.25, -0.2) is 8.42 Å². The molecule has 2 N–H and O–H groups in total. The monoisotopic (exact) mass is 338 g/mol. The minimum absolute atomic E-state index is 0.0768. The van der Waals surface area contributed by atoms with Crippen molar-refractivity contribution in [2.75, 3.05) is 10.8 Å². The van der Waals surface area contributed by atoms with Crippen LogP contribution in [0.3, 0.4) is 0 Å². The maximum absolute atomic E-state index is 12.7. The number of nitrogens with two attached hydrogens (primary N) is 1. The summed E-state index contributed by atoms with van der Waals surface area (Å²) in [5, 5.41) is 0.412. The Hall–Kier alpha value is -2.05. The second-order valence-corrected chi connectivity index (χ2v) is 6.99. The summed E-state index contributed by atoms with van der Waals surface area (Å²) in [5.41, 5.74) is 6.29. The number of nitrogens with zero attached hydrogens (tertiary/aromatic N) is 1. The average molecular weight is 339 g/mol. The van der Waals surface area contributed by atoms with Gasteiger partial charge in [0, 0.05) is 5.02 Å². The van der Waals surface area contributed by atoms with E-state index in [1.807, 2.05) is 0 Å². The molecule has 0 aromatic heterocycles. The van der Waals surface area contributed by atoms with Gasteiger partial charge >= 0.3 is 0 Å². The zero-order valence-electron chi connectivity index (χ0n) is 11.9. The van der Waals surface area contributed by atoms with Gasteiger partial charge in [0.2, 0.25) is 5.91 Å². The van der Waals surface area contributed by atoms with Crippen molar-refractivity contribution in [3.05, 3.63) is 59.1 Å². The number of halogens is 1. The minimum Gasteiger partial charge on any atom is -0.368 e. The number of hydrogen-bond acceptors (Lipinski definition) is 3. The van der Waals surface area contributed by atoms with Gasteiger partial charge in [-0.3, -0.25) is 9.10 Å². The Kier molecular flexibility index (Phi) is 4.73. The van der Waals surface area contributed by atoms with Crippen LogP contribution in [-0.4, -0.2) is 20.9 Å². The van der Waals surface area contributed by atoms with Crippen molar-refractivity contribution in [2.45, 2.75) is 11.8 Å². The van der Waals surface area contributed by atoms with Crippen molar-refractivity contribution in [2.24, 2.45) is 5.73 Å². The SMILES string of the molecule is Cc1ccc(N(CC(N)=O)S(=O)(=O)c2ccccc2)cc1Cl. The molecule has 5 nitrogen and oxygen atoms in total. The fourth-order valence-electron chi connectivity index (χ4n) is 1.91. The van der Waals surface area contributed by atoms with Crippen molar-refractivity contribution in [1.82, 2.24) is 0 Å². The summed E-state index contributed by atoms with van der Waals surface area (Å²) < 4.78 is 26.4. The van der Waals surface area contributed by atoms with E-state index in [0.29, 0.717) is 10.7 Å². The molecule has 2 aromatic carbocycles. The molecule has 0 aliphatic carbocycles. The number of carbonyl (C=O) groups is 1. The molecule has 0 unspecified atom stereocenters. The van der Waals surface area contributed by atoms with E-state index in [-0.39, 0.29) is 4.90 Å². The number of benzene rings is 2. The first-order valence-corrected chi connectivity index (χ1v) is 8.26. The second-order valence-electron chi connectivity index (χ2n) is 4.72. The lowest BCUT2D eigenvalue weighted by atomic mass is 10.2. The maximum atomic E-state index is 12.7. The molecule has 0 bridgehead atoms. The Balaban J connectivity index is 2.55.